The number of hydrogen-bond acceptors (Lipinski definition) is 4. The van der Waals surface area contributed by atoms with Gasteiger partial charge in [-0.3, -0.25) is 4.79 Å². The van der Waals surface area contributed by atoms with Gasteiger partial charge in [0.1, 0.15) is 10.7 Å². The smallest absolute Gasteiger partial charge is 0.263 e. The van der Waals surface area contributed by atoms with Gasteiger partial charge in [-0.1, -0.05) is 12.1 Å². The van der Waals surface area contributed by atoms with Crippen LogP contribution in [-0.4, -0.2) is 29.5 Å². The standard InChI is InChI=1S/C18H22FN3OS/c1-11-15(4-3-9-20-11)22-18(23)17-12(2)21-16(24-17)10-13-5-7-14(19)8-6-13/h5-8,11,15,20H,3-4,9-10H2,1-2H3,(H,22,23). The van der Waals surface area contributed by atoms with Crippen LogP contribution in [0.2, 0.25) is 0 Å². The molecule has 2 atom stereocenters. The SMILES string of the molecule is Cc1nc(Cc2ccc(F)cc2)sc1C(=O)NC1CCCNC1C. The third-order valence-electron chi connectivity index (χ3n) is 4.39. The molecular weight excluding hydrogens is 325 g/mol. The summed E-state index contributed by atoms with van der Waals surface area (Å²) in [5.41, 5.74) is 1.74. The van der Waals surface area contributed by atoms with E-state index in [2.05, 4.69) is 22.5 Å². The second-order valence-corrected chi connectivity index (χ2v) is 7.37. The minimum atomic E-state index is -0.246. The fourth-order valence-corrected chi connectivity index (χ4v) is 3.99. The van der Waals surface area contributed by atoms with E-state index in [4.69, 9.17) is 0 Å². The van der Waals surface area contributed by atoms with E-state index < -0.39 is 0 Å². The molecule has 2 heterocycles. The lowest BCUT2D eigenvalue weighted by molar-refractivity contribution is 0.0923. The molecule has 1 fully saturated rings. The highest BCUT2D eigenvalue weighted by Crippen LogP contribution is 2.22. The predicted octanol–water partition coefficient (Wildman–Crippen LogP) is 3.05. The van der Waals surface area contributed by atoms with Gasteiger partial charge in [0.05, 0.1) is 10.7 Å². The number of aromatic nitrogens is 1. The van der Waals surface area contributed by atoms with Crippen LogP contribution in [0.4, 0.5) is 4.39 Å². The number of nitrogens with zero attached hydrogens (tertiary/aromatic N) is 1. The van der Waals surface area contributed by atoms with E-state index in [0.29, 0.717) is 11.3 Å². The average molecular weight is 347 g/mol. The van der Waals surface area contributed by atoms with Gasteiger partial charge < -0.3 is 10.6 Å². The zero-order valence-corrected chi connectivity index (χ0v) is 14.8. The monoisotopic (exact) mass is 347 g/mol. The summed E-state index contributed by atoms with van der Waals surface area (Å²) >= 11 is 1.42. The lowest BCUT2D eigenvalue weighted by Gasteiger charge is -2.30. The molecule has 0 radical (unpaired) electrons. The summed E-state index contributed by atoms with van der Waals surface area (Å²) < 4.78 is 13.0. The molecule has 3 rings (SSSR count). The Kier molecular flexibility index (Phi) is 5.26. The molecule has 1 aromatic heterocycles. The Morgan fingerprint density at radius 3 is 2.88 bits per heavy atom. The number of rotatable bonds is 4. The average Bonchev–Trinajstić information content (AvgIpc) is 2.92. The quantitative estimate of drug-likeness (QED) is 0.894. The minimum absolute atomic E-state index is 0.0455. The number of carbonyl (C=O) groups excluding carboxylic acids is 1. The van der Waals surface area contributed by atoms with Crippen LogP contribution in [0.25, 0.3) is 0 Å². The van der Waals surface area contributed by atoms with E-state index in [1.165, 1.54) is 23.5 Å². The van der Waals surface area contributed by atoms with Crippen LogP contribution < -0.4 is 10.6 Å². The molecule has 2 aromatic rings. The van der Waals surface area contributed by atoms with Crippen molar-refractivity contribution in [1.82, 2.24) is 15.6 Å². The molecule has 2 unspecified atom stereocenters. The van der Waals surface area contributed by atoms with Crippen LogP contribution in [0.3, 0.4) is 0 Å². The van der Waals surface area contributed by atoms with Gasteiger partial charge in [0, 0.05) is 18.5 Å². The molecule has 1 aliphatic heterocycles. The van der Waals surface area contributed by atoms with Crippen molar-refractivity contribution in [3.05, 3.63) is 51.2 Å². The third-order valence-corrected chi connectivity index (χ3v) is 5.55. The molecule has 128 valence electrons. The van der Waals surface area contributed by atoms with E-state index in [1.807, 2.05) is 6.92 Å². The molecule has 0 aliphatic carbocycles. The zero-order chi connectivity index (χ0) is 17.1. The van der Waals surface area contributed by atoms with E-state index in [9.17, 15) is 9.18 Å². The maximum absolute atomic E-state index is 13.0. The first-order valence-corrected chi connectivity index (χ1v) is 9.09. The van der Waals surface area contributed by atoms with Gasteiger partial charge in [0.2, 0.25) is 0 Å². The predicted molar refractivity (Wildman–Crippen MR) is 94.0 cm³/mol. The molecule has 6 heteroatoms. The summed E-state index contributed by atoms with van der Waals surface area (Å²) in [6, 6.07) is 6.84. The number of halogens is 1. The highest BCUT2D eigenvalue weighted by atomic mass is 32.1. The van der Waals surface area contributed by atoms with Crippen LogP contribution in [0.1, 0.15) is 45.7 Å². The van der Waals surface area contributed by atoms with E-state index >= 15 is 0 Å². The van der Waals surface area contributed by atoms with Gasteiger partial charge in [0.15, 0.2) is 0 Å². The molecule has 1 aliphatic rings. The number of aryl methyl sites for hydroxylation is 1. The van der Waals surface area contributed by atoms with E-state index in [-0.39, 0.29) is 23.8 Å². The van der Waals surface area contributed by atoms with E-state index in [0.717, 1.165) is 35.7 Å². The summed E-state index contributed by atoms with van der Waals surface area (Å²) in [7, 11) is 0. The van der Waals surface area contributed by atoms with Gasteiger partial charge in [-0.25, -0.2) is 9.37 Å². The highest BCUT2D eigenvalue weighted by Gasteiger charge is 2.24. The van der Waals surface area contributed by atoms with Crippen molar-refractivity contribution in [1.29, 1.82) is 0 Å². The fourth-order valence-electron chi connectivity index (χ4n) is 2.99. The number of amides is 1. The fraction of sp³-hybridized carbons (Fsp3) is 0.444. The molecular formula is C18H22FN3OS. The third kappa shape index (κ3) is 3.99. The van der Waals surface area contributed by atoms with Crippen molar-refractivity contribution in [2.45, 2.75) is 45.2 Å². The zero-order valence-electron chi connectivity index (χ0n) is 13.9. The van der Waals surface area contributed by atoms with Gasteiger partial charge in [-0.05, 0) is 50.9 Å². The normalized spacial score (nSPS) is 20.8. The molecule has 1 aromatic carbocycles. The first-order chi connectivity index (χ1) is 11.5. The molecule has 0 spiro atoms. The molecule has 2 N–H and O–H groups in total. The highest BCUT2D eigenvalue weighted by molar-refractivity contribution is 7.13. The number of hydrogen-bond donors (Lipinski definition) is 2. The van der Waals surface area contributed by atoms with Crippen molar-refractivity contribution >= 4 is 17.2 Å². The van der Waals surface area contributed by atoms with Crippen molar-refractivity contribution in [3.8, 4) is 0 Å². The first-order valence-electron chi connectivity index (χ1n) is 8.28. The Balaban J connectivity index is 1.68. The van der Waals surface area contributed by atoms with Gasteiger partial charge >= 0.3 is 0 Å². The van der Waals surface area contributed by atoms with E-state index in [1.54, 1.807) is 12.1 Å². The summed E-state index contributed by atoms with van der Waals surface area (Å²) in [5, 5.41) is 7.39. The number of thiazole rings is 1. The first kappa shape index (κ1) is 17.0. The maximum atomic E-state index is 13.0. The molecule has 0 saturated carbocycles. The Labute approximate surface area is 145 Å². The second-order valence-electron chi connectivity index (χ2n) is 6.29. The minimum Gasteiger partial charge on any atom is -0.347 e. The summed E-state index contributed by atoms with van der Waals surface area (Å²) in [4.78, 5) is 17.8. The van der Waals surface area contributed by atoms with Gasteiger partial charge in [-0.2, -0.15) is 0 Å². The van der Waals surface area contributed by atoms with Crippen LogP contribution >= 0.6 is 11.3 Å². The Hall–Kier alpha value is -1.79. The van der Waals surface area contributed by atoms with Gasteiger partial charge in [0.25, 0.3) is 5.91 Å². The summed E-state index contributed by atoms with van der Waals surface area (Å²) in [6.07, 6.45) is 2.69. The maximum Gasteiger partial charge on any atom is 0.263 e. The van der Waals surface area contributed by atoms with Crippen LogP contribution in [0.15, 0.2) is 24.3 Å². The summed E-state index contributed by atoms with van der Waals surface area (Å²) in [6.45, 7) is 4.97. The Morgan fingerprint density at radius 1 is 1.42 bits per heavy atom. The molecule has 4 nitrogen and oxygen atoms in total. The lowest BCUT2D eigenvalue weighted by Crippen LogP contribution is -2.51. The van der Waals surface area contributed by atoms with Crippen LogP contribution in [0.5, 0.6) is 0 Å². The molecule has 24 heavy (non-hydrogen) atoms. The number of benzene rings is 1. The Morgan fingerprint density at radius 2 is 2.17 bits per heavy atom. The number of carbonyl (C=O) groups is 1. The van der Waals surface area contributed by atoms with Crippen LogP contribution in [-0.2, 0) is 6.42 Å². The molecule has 1 saturated heterocycles. The van der Waals surface area contributed by atoms with Crippen molar-refractivity contribution in [2.75, 3.05) is 6.54 Å². The van der Waals surface area contributed by atoms with Gasteiger partial charge in [-0.15, -0.1) is 11.3 Å². The number of piperidine rings is 1. The Bertz CT molecular complexity index is 714. The van der Waals surface area contributed by atoms with Crippen molar-refractivity contribution in [3.63, 3.8) is 0 Å². The lowest BCUT2D eigenvalue weighted by atomic mass is 10.00. The number of nitrogens with one attached hydrogen (secondary N) is 2. The molecule has 0 bridgehead atoms. The summed E-state index contributed by atoms with van der Waals surface area (Å²) in [5.74, 6) is -0.291. The molecule has 1 amide bonds. The van der Waals surface area contributed by atoms with Crippen LogP contribution in [0, 0.1) is 12.7 Å². The largest absolute Gasteiger partial charge is 0.347 e. The second kappa shape index (κ2) is 7.40. The topological polar surface area (TPSA) is 54.0 Å². The van der Waals surface area contributed by atoms with Crippen molar-refractivity contribution < 1.29 is 9.18 Å². The van der Waals surface area contributed by atoms with Crippen molar-refractivity contribution in [2.24, 2.45) is 0 Å².